The zero-order valence-corrected chi connectivity index (χ0v) is 13.8. The van der Waals surface area contributed by atoms with Crippen LogP contribution in [0.5, 0.6) is 0 Å². The van der Waals surface area contributed by atoms with Crippen molar-refractivity contribution >= 4 is 21.2 Å². The van der Waals surface area contributed by atoms with Gasteiger partial charge in [-0.3, -0.25) is 0 Å². The summed E-state index contributed by atoms with van der Waals surface area (Å²) in [5.41, 5.74) is 0.229. The molecule has 0 rings (SSSR count). The van der Waals surface area contributed by atoms with Gasteiger partial charge in [0, 0.05) is 19.8 Å². The maximum absolute atomic E-state index is 5.88. The molecule has 0 aliphatic heterocycles. The predicted octanol–water partition coefficient (Wildman–Crippen LogP) is 2.34. The van der Waals surface area contributed by atoms with E-state index in [-0.39, 0.29) is 18.1 Å². The predicted molar refractivity (Wildman–Crippen MR) is 75.6 cm³/mol. The zero-order chi connectivity index (χ0) is 12.6. The quantitative estimate of drug-likeness (QED) is 0.609. The number of nitrogens with zero attached hydrogens (tertiary/aromatic N) is 1. The lowest BCUT2D eigenvalue weighted by atomic mass is 10.4. The van der Waals surface area contributed by atoms with Crippen LogP contribution < -0.4 is 0 Å². The lowest BCUT2D eigenvalue weighted by Crippen LogP contribution is -2.61. The molecule has 0 amide bonds. The average Bonchev–Trinajstić information content (AvgIpc) is 2.19. The van der Waals surface area contributed by atoms with Gasteiger partial charge in [-0.1, -0.05) is 6.92 Å². The first kappa shape index (κ1) is 19.7. The van der Waals surface area contributed by atoms with Gasteiger partial charge in [0.15, 0.2) is 0 Å². The van der Waals surface area contributed by atoms with Crippen LogP contribution in [0.3, 0.4) is 0 Å². The van der Waals surface area contributed by atoms with Crippen molar-refractivity contribution in [1.82, 2.24) is 4.90 Å². The van der Waals surface area contributed by atoms with E-state index in [0.717, 1.165) is 6.42 Å². The summed E-state index contributed by atoms with van der Waals surface area (Å²) in [5, 5.41) is 0. The van der Waals surface area contributed by atoms with Crippen molar-refractivity contribution in [2.45, 2.75) is 39.8 Å². The average molecular weight is 286 g/mol. The van der Waals surface area contributed by atoms with E-state index in [2.05, 4.69) is 11.8 Å². The van der Waals surface area contributed by atoms with Crippen LogP contribution in [0.4, 0.5) is 0 Å². The summed E-state index contributed by atoms with van der Waals surface area (Å²) in [5.74, 6) is 0. The normalized spacial score (nSPS) is 13.6. The zero-order valence-electron chi connectivity index (χ0n) is 12.0. The molecule has 0 aromatic rings. The monoisotopic (exact) mass is 285 g/mol. The molecule has 0 heterocycles. The maximum atomic E-state index is 5.88. The van der Waals surface area contributed by atoms with Gasteiger partial charge >= 0.3 is 8.80 Å². The van der Waals surface area contributed by atoms with Gasteiger partial charge < -0.3 is 18.2 Å². The summed E-state index contributed by atoms with van der Waals surface area (Å²) in [6.45, 7) is 10.0. The molecule has 0 aromatic carbocycles. The minimum Gasteiger partial charge on any atom is -0.373 e. The van der Waals surface area contributed by atoms with Gasteiger partial charge in [0.05, 0.1) is 5.67 Å². The molecule has 1 unspecified atom stereocenters. The van der Waals surface area contributed by atoms with Gasteiger partial charge in [-0.05, 0) is 41.3 Å². The van der Waals surface area contributed by atoms with Crippen molar-refractivity contribution in [1.29, 1.82) is 0 Å². The molecule has 0 saturated carbocycles. The summed E-state index contributed by atoms with van der Waals surface area (Å²) in [6, 6.07) is 0. The third-order valence-corrected chi connectivity index (χ3v) is 6.27. The van der Waals surface area contributed by atoms with Crippen molar-refractivity contribution in [3.8, 4) is 0 Å². The van der Waals surface area contributed by atoms with Crippen LogP contribution >= 0.6 is 12.4 Å². The summed E-state index contributed by atoms with van der Waals surface area (Å²) in [7, 11) is 1.54. The van der Waals surface area contributed by atoms with E-state index in [1.807, 2.05) is 34.9 Å². The van der Waals surface area contributed by atoms with Crippen LogP contribution in [0.2, 0.25) is 0 Å². The molecule has 0 N–H and O–H groups in total. The van der Waals surface area contributed by atoms with Crippen LogP contribution in [-0.4, -0.2) is 53.3 Å². The minimum atomic E-state index is -2.56. The van der Waals surface area contributed by atoms with Gasteiger partial charge in [0.25, 0.3) is 0 Å². The molecule has 1 atom stereocenters. The Kier molecular flexibility index (Phi) is 11.9. The van der Waals surface area contributed by atoms with E-state index in [1.165, 1.54) is 0 Å². The molecule has 0 aliphatic rings. The number of rotatable bonds is 9. The lowest BCUT2D eigenvalue weighted by molar-refractivity contribution is 0.0429. The van der Waals surface area contributed by atoms with Crippen molar-refractivity contribution < 1.29 is 13.3 Å². The molecule has 0 aromatic heterocycles. The van der Waals surface area contributed by atoms with Gasteiger partial charge in [0.2, 0.25) is 0 Å². The van der Waals surface area contributed by atoms with Crippen LogP contribution in [0.25, 0.3) is 0 Å². The summed E-state index contributed by atoms with van der Waals surface area (Å²) >= 11 is 0. The Morgan fingerprint density at radius 3 is 1.41 bits per heavy atom. The molecule has 0 spiro atoms. The molecule has 0 radical (unpaired) electrons. The van der Waals surface area contributed by atoms with E-state index in [0.29, 0.717) is 19.8 Å². The molecule has 6 heteroatoms. The molecular weight excluding hydrogens is 258 g/mol. The third-order valence-electron chi connectivity index (χ3n) is 2.45. The van der Waals surface area contributed by atoms with E-state index in [1.54, 1.807) is 0 Å². The molecule has 0 fully saturated rings. The molecule has 106 valence electrons. The smallest absolute Gasteiger partial charge is 0.373 e. The fourth-order valence-corrected chi connectivity index (χ4v) is 5.12. The van der Waals surface area contributed by atoms with Crippen molar-refractivity contribution in [2.75, 3.05) is 33.9 Å². The standard InChI is InChI=1S/C11H27NO3Si.ClH/c1-7-11(12(5)6)16(13-8-2,14-9-3)15-10-4;/h11H,7-10H2,1-6H3;1H. The first-order valence-corrected chi connectivity index (χ1v) is 7.96. The highest BCUT2D eigenvalue weighted by atomic mass is 35.5. The fourth-order valence-electron chi connectivity index (χ4n) is 1.95. The van der Waals surface area contributed by atoms with Crippen molar-refractivity contribution in [3.63, 3.8) is 0 Å². The lowest BCUT2D eigenvalue weighted by Gasteiger charge is -2.38. The van der Waals surface area contributed by atoms with Crippen LogP contribution in [0, 0.1) is 0 Å². The summed E-state index contributed by atoms with van der Waals surface area (Å²) in [6.07, 6.45) is 0.971. The highest BCUT2D eigenvalue weighted by Gasteiger charge is 2.49. The summed E-state index contributed by atoms with van der Waals surface area (Å²) < 4.78 is 17.6. The van der Waals surface area contributed by atoms with Crippen molar-refractivity contribution in [2.24, 2.45) is 0 Å². The van der Waals surface area contributed by atoms with Gasteiger partial charge in [0.1, 0.15) is 0 Å². The third kappa shape index (κ3) is 5.68. The van der Waals surface area contributed by atoms with Crippen LogP contribution in [0.15, 0.2) is 0 Å². The molecule has 4 nitrogen and oxygen atoms in total. The second kappa shape index (κ2) is 10.3. The Morgan fingerprint density at radius 1 is 0.882 bits per heavy atom. The van der Waals surface area contributed by atoms with E-state index in [4.69, 9.17) is 13.3 Å². The maximum Gasteiger partial charge on any atom is 0.519 e. The Labute approximate surface area is 113 Å². The number of hydrogen-bond acceptors (Lipinski definition) is 4. The molecule has 0 aliphatic carbocycles. The molecule has 17 heavy (non-hydrogen) atoms. The van der Waals surface area contributed by atoms with Crippen LogP contribution in [0.1, 0.15) is 34.1 Å². The Hall–Kier alpha value is 0.347. The number of hydrogen-bond donors (Lipinski definition) is 0. The molecular formula is C11H28ClNO3Si. The van der Waals surface area contributed by atoms with Crippen LogP contribution in [-0.2, 0) is 13.3 Å². The SMILES string of the molecule is CCO[Si](OCC)(OCC)C(CC)N(C)C.Cl. The Balaban J connectivity index is 0. The second-order valence-electron chi connectivity index (χ2n) is 3.79. The fraction of sp³-hybridized carbons (Fsp3) is 1.00. The first-order chi connectivity index (χ1) is 7.57. The van der Waals surface area contributed by atoms with E-state index < -0.39 is 8.80 Å². The summed E-state index contributed by atoms with van der Waals surface area (Å²) in [4.78, 5) is 2.15. The highest BCUT2D eigenvalue weighted by molar-refractivity contribution is 6.62. The Bertz CT molecular complexity index is 167. The molecule has 0 bridgehead atoms. The van der Waals surface area contributed by atoms with Gasteiger partial charge in [-0.25, -0.2) is 0 Å². The van der Waals surface area contributed by atoms with E-state index in [9.17, 15) is 0 Å². The van der Waals surface area contributed by atoms with E-state index >= 15 is 0 Å². The largest absolute Gasteiger partial charge is 0.519 e. The first-order valence-electron chi connectivity index (χ1n) is 6.16. The number of halogens is 1. The van der Waals surface area contributed by atoms with Gasteiger partial charge in [-0.15, -0.1) is 12.4 Å². The van der Waals surface area contributed by atoms with Crippen molar-refractivity contribution in [3.05, 3.63) is 0 Å². The Morgan fingerprint density at radius 2 is 1.24 bits per heavy atom. The minimum absolute atomic E-state index is 0. The molecule has 0 saturated heterocycles. The van der Waals surface area contributed by atoms with Gasteiger partial charge in [-0.2, -0.15) is 0 Å². The highest BCUT2D eigenvalue weighted by Crippen LogP contribution is 2.21. The topological polar surface area (TPSA) is 30.9 Å². The second-order valence-corrected chi connectivity index (χ2v) is 6.53.